The van der Waals surface area contributed by atoms with Crippen LogP contribution in [0, 0.1) is 0 Å². The summed E-state index contributed by atoms with van der Waals surface area (Å²) < 4.78 is 5.73. The number of carbonyl (C=O) groups is 2. The summed E-state index contributed by atoms with van der Waals surface area (Å²) in [4.78, 5) is 28.7. The summed E-state index contributed by atoms with van der Waals surface area (Å²) in [6, 6.07) is 24.0. The fourth-order valence-electron chi connectivity index (χ4n) is 3.40. The van der Waals surface area contributed by atoms with E-state index >= 15 is 0 Å². The second-order valence-corrected chi connectivity index (χ2v) is 7.59. The lowest BCUT2D eigenvalue weighted by molar-refractivity contribution is -0.143. The van der Waals surface area contributed by atoms with Crippen molar-refractivity contribution in [1.82, 2.24) is 4.90 Å². The lowest BCUT2D eigenvalue weighted by Gasteiger charge is -2.35. The third-order valence-electron chi connectivity index (χ3n) is 5.03. The van der Waals surface area contributed by atoms with E-state index in [-0.39, 0.29) is 0 Å². The van der Waals surface area contributed by atoms with E-state index in [0.717, 1.165) is 11.4 Å². The summed E-state index contributed by atoms with van der Waals surface area (Å²) in [5.74, 6) is 0.197. The van der Waals surface area contributed by atoms with Crippen molar-refractivity contribution in [2.24, 2.45) is 0 Å². The van der Waals surface area contributed by atoms with Gasteiger partial charge in [0.05, 0.1) is 0 Å². The van der Waals surface area contributed by atoms with Gasteiger partial charge in [0.2, 0.25) is 0 Å². The van der Waals surface area contributed by atoms with Crippen LogP contribution in [-0.2, 0) is 9.59 Å². The molecule has 4 rings (SSSR count). The lowest BCUT2D eigenvalue weighted by Crippen LogP contribution is -2.51. The van der Waals surface area contributed by atoms with Crippen molar-refractivity contribution in [2.45, 2.75) is 0 Å². The Morgan fingerprint density at radius 1 is 0.806 bits per heavy atom. The average molecular weight is 436 g/mol. The molecule has 7 heteroatoms. The third-order valence-corrected chi connectivity index (χ3v) is 5.26. The number of carbonyl (C=O) groups excluding carboxylic acids is 2. The van der Waals surface area contributed by atoms with Crippen molar-refractivity contribution in [1.29, 1.82) is 0 Å². The predicted molar refractivity (Wildman–Crippen MR) is 122 cm³/mol. The minimum Gasteiger partial charge on any atom is -0.457 e. The molecule has 1 aliphatic heterocycles. The molecule has 1 N–H and O–H groups in total. The molecule has 0 atom stereocenters. The second kappa shape index (κ2) is 9.53. The Morgan fingerprint density at radius 2 is 1.48 bits per heavy atom. The molecule has 0 aliphatic carbocycles. The number of hydrogen-bond donors (Lipinski definition) is 1. The van der Waals surface area contributed by atoms with E-state index in [9.17, 15) is 9.59 Å². The van der Waals surface area contributed by atoms with Crippen molar-refractivity contribution in [3.05, 3.63) is 83.9 Å². The van der Waals surface area contributed by atoms with Gasteiger partial charge in [-0.25, -0.2) is 0 Å². The van der Waals surface area contributed by atoms with Crippen LogP contribution in [0.2, 0.25) is 5.02 Å². The molecular weight excluding hydrogens is 414 g/mol. The van der Waals surface area contributed by atoms with E-state index < -0.39 is 11.8 Å². The van der Waals surface area contributed by atoms with Crippen LogP contribution in [0.4, 0.5) is 11.4 Å². The molecule has 0 aromatic heterocycles. The van der Waals surface area contributed by atoms with Crippen LogP contribution in [-0.4, -0.2) is 42.9 Å². The van der Waals surface area contributed by atoms with Crippen LogP contribution < -0.4 is 15.0 Å². The van der Waals surface area contributed by atoms with Gasteiger partial charge in [-0.3, -0.25) is 9.59 Å². The largest absolute Gasteiger partial charge is 0.457 e. The highest BCUT2D eigenvalue weighted by molar-refractivity contribution is 6.39. The van der Waals surface area contributed by atoms with Crippen molar-refractivity contribution in [3.63, 3.8) is 0 Å². The first kappa shape index (κ1) is 20.8. The van der Waals surface area contributed by atoms with Crippen molar-refractivity contribution < 1.29 is 14.3 Å². The third kappa shape index (κ3) is 5.35. The maximum absolute atomic E-state index is 12.6. The Labute approximate surface area is 186 Å². The number of ether oxygens (including phenoxy) is 1. The van der Waals surface area contributed by atoms with E-state index in [0.29, 0.717) is 42.6 Å². The van der Waals surface area contributed by atoms with Crippen LogP contribution in [0.1, 0.15) is 0 Å². The standard InChI is InChI=1S/C24H22ClN3O3/c25-18-5-4-6-20(17-18)27-13-15-28(16-14-27)24(30)23(29)26-19-9-11-22(12-10-19)31-21-7-2-1-3-8-21/h1-12,17H,13-16H2,(H,26,29). The Morgan fingerprint density at radius 3 is 2.16 bits per heavy atom. The van der Waals surface area contributed by atoms with Crippen LogP contribution in [0.3, 0.4) is 0 Å². The molecule has 31 heavy (non-hydrogen) atoms. The maximum Gasteiger partial charge on any atom is 0.313 e. The topological polar surface area (TPSA) is 61.9 Å². The Bertz CT molecular complexity index is 1050. The summed E-state index contributed by atoms with van der Waals surface area (Å²) in [5, 5.41) is 3.34. The van der Waals surface area contributed by atoms with Crippen LogP contribution in [0.15, 0.2) is 78.9 Å². The SMILES string of the molecule is O=C(Nc1ccc(Oc2ccccc2)cc1)C(=O)N1CCN(c2cccc(Cl)c2)CC1. The summed E-state index contributed by atoms with van der Waals surface area (Å²) >= 11 is 6.06. The summed E-state index contributed by atoms with van der Waals surface area (Å²) in [7, 11) is 0. The Hall–Kier alpha value is -3.51. The molecule has 3 aromatic rings. The number of para-hydroxylation sites is 1. The first-order chi connectivity index (χ1) is 15.1. The van der Waals surface area contributed by atoms with E-state index in [1.165, 1.54) is 0 Å². The first-order valence-corrected chi connectivity index (χ1v) is 10.4. The lowest BCUT2D eigenvalue weighted by atomic mass is 10.2. The quantitative estimate of drug-likeness (QED) is 0.616. The van der Waals surface area contributed by atoms with E-state index in [2.05, 4.69) is 10.2 Å². The number of nitrogens with zero attached hydrogens (tertiary/aromatic N) is 2. The fourth-order valence-corrected chi connectivity index (χ4v) is 3.58. The number of halogens is 1. The van der Waals surface area contributed by atoms with Gasteiger partial charge in [-0.2, -0.15) is 0 Å². The molecule has 0 unspecified atom stereocenters. The molecule has 2 amide bonds. The minimum absolute atomic E-state index is 0.475. The molecule has 0 radical (unpaired) electrons. The van der Waals surface area contributed by atoms with Gasteiger partial charge in [-0.15, -0.1) is 0 Å². The monoisotopic (exact) mass is 435 g/mol. The maximum atomic E-state index is 12.6. The number of rotatable bonds is 4. The van der Waals surface area contributed by atoms with Crippen molar-refractivity contribution in [2.75, 3.05) is 36.4 Å². The van der Waals surface area contributed by atoms with E-state index in [1.807, 2.05) is 54.6 Å². The molecule has 3 aromatic carbocycles. The molecule has 0 spiro atoms. The zero-order valence-electron chi connectivity index (χ0n) is 16.8. The zero-order chi connectivity index (χ0) is 21.6. The normalized spacial score (nSPS) is 13.6. The average Bonchev–Trinajstić information content (AvgIpc) is 2.81. The first-order valence-electron chi connectivity index (χ1n) is 10.0. The Kier molecular flexibility index (Phi) is 6.38. The molecule has 1 saturated heterocycles. The molecule has 1 aliphatic rings. The second-order valence-electron chi connectivity index (χ2n) is 7.15. The number of anilines is 2. The van der Waals surface area contributed by atoms with Crippen LogP contribution in [0.25, 0.3) is 0 Å². The van der Waals surface area contributed by atoms with Gasteiger partial charge in [0, 0.05) is 42.6 Å². The number of hydrogen-bond acceptors (Lipinski definition) is 4. The van der Waals surface area contributed by atoms with E-state index in [4.69, 9.17) is 16.3 Å². The van der Waals surface area contributed by atoms with Gasteiger partial charge in [-0.05, 0) is 54.6 Å². The summed E-state index contributed by atoms with van der Waals surface area (Å²) in [6.07, 6.45) is 0. The predicted octanol–water partition coefficient (Wildman–Crippen LogP) is 4.42. The zero-order valence-corrected chi connectivity index (χ0v) is 17.6. The van der Waals surface area contributed by atoms with Gasteiger partial charge in [-0.1, -0.05) is 35.9 Å². The molecular formula is C24H22ClN3O3. The number of benzene rings is 3. The summed E-state index contributed by atoms with van der Waals surface area (Å²) in [5.41, 5.74) is 1.55. The highest BCUT2D eigenvalue weighted by atomic mass is 35.5. The van der Waals surface area contributed by atoms with Crippen molar-refractivity contribution >= 4 is 34.8 Å². The highest BCUT2D eigenvalue weighted by Crippen LogP contribution is 2.23. The number of nitrogens with one attached hydrogen (secondary N) is 1. The minimum atomic E-state index is -0.645. The Balaban J connectivity index is 1.29. The molecule has 1 heterocycles. The van der Waals surface area contributed by atoms with E-state index in [1.54, 1.807) is 29.2 Å². The van der Waals surface area contributed by atoms with Crippen LogP contribution >= 0.6 is 11.6 Å². The number of piperazine rings is 1. The van der Waals surface area contributed by atoms with Gasteiger partial charge >= 0.3 is 11.8 Å². The molecule has 6 nitrogen and oxygen atoms in total. The van der Waals surface area contributed by atoms with Gasteiger partial charge in [0.15, 0.2) is 0 Å². The van der Waals surface area contributed by atoms with Gasteiger partial charge < -0.3 is 19.9 Å². The van der Waals surface area contributed by atoms with Crippen LogP contribution in [0.5, 0.6) is 11.5 Å². The fraction of sp³-hybridized carbons (Fsp3) is 0.167. The van der Waals surface area contributed by atoms with Gasteiger partial charge in [0.25, 0.3) is 0 Å². The highest BCUT2D eigenvalue weighted by Gasteiger charge is 2.26. The molecule has 158 valence electrons. The molecule has 0 bridgehead atoms. The smallest absolute Gasteiger partial charge is 0.313 e. The van der Waals surface area contributed by atoms with Crippen molar-refractivity contribution in [3.8, 4) is 11.5 Å². The summed E-state index contributed by atoms with van der Waals surface area (Å²) in [6.45, 7) is 2.24. The molecule has 0 saturated carbocycles. The molecule has 1 fully saturated rings. The van der Waals surface area contributed by atoms with Gasteiger partial charge in [0.1, 0.15) is 11.5 Å². The number of amides is 2.